The van der Waals surface area contributed by atoms with Crippen LogP contribution in [0.25, 0.3) is 0 Å². The van der Waals surface area contributed by atoms with Gasteiger partial charge in [-0.25, -0.2) is 0 Å². The van der Waals surface area contributed by atoms with Gasteiger partial charge in [-0.05, 0) is 31.0 Å². The Labute approximate surface area is 142 Å². The van der Waals surface area contributed by atoms with Crippen molar-refractivity contribution in [3.05, 3.63) is 28.8 Å². The maximum absolute atomic E-state index is 13.0. The number of hydrogen-bond acceptors (Lipinski definition) is 2. The summed E-state index contributed by atoms with van der Waals surface area (Å²) in [6, 6.07) is 1.09. The fourth-order valence-corrected chi connectivity index (χ4v) is 2.69. The van der Waals surface area contributed by atoms with E-state index in [9.17, 15) is 35.9 Å². The molecule has 0 aromatic heterocycles. The van der Waals surface area contributed by atoms with Crippen molar-refractivity contribution >= 4 is 29.1 Å². The van der Waals surface area contributed by atoms with Gasteiger partial charge in [0.25, 0.3) is 0 Å². The molecule has 1 aliphatic heterocycles. The standard InChI is InChI=1S/C14H11ClF6N2O2/c15-7-3-4-9(8(6-7)13(16,17)18)22-11(24)10-2-1-5-23(10)12(25)14(19,20)21/h3-4,6,10H,1-2,5H2,(H,22,24)/t10-/m1/s1. The van der Waals surface area contributed by atoms with Crippen LogP contribution in [-0.2, 0) is 15.8 Å². The minimum atomic E-state index is -5.17. The zero-order chi connectivity index (χ0) is 19.0. The van der Waals surface area contributed by atoms with Crippen molar-refractivity contribution < 1.29 is 35.9 Å². The molecule has 138 valence electrons. The Hall–Kier alpha value is -1.97. The summed E-state index contributed by atoms with van der Waals surface area (Å²) in [5, 5.41) is 1.72. The third-order valence-electron chi connectivity index (χ3n) is 3.60. The van der Waals surface area contributed by atoms with Gasteiger partial charge in [-0.15, -0.1) is 0 Å². The molecule has 1 aromatic rings. The average Bonchev–Trinajstić information content (AvgIpc) is 2.95. The van der Waals surface area contributed by atoms with E-state index in [4.69, 9.17) is 11.6 Å². The zero-order valence-electron chi connectivity index (χ0n) is 12.3. The van der Waals surface area contributed by atoms with Crippen molar-refractivity contribution in [3.63, 3.8) is 0 Å². The first-order valence-corrected chi connectivity index (χ1v) is 7.34. The van der Waals surface area contributed by atoms with Gasteiger partial charge in [0.2, 0.25) is 5.91 Å². The van der Waals surface area contributed by atoms with Crippen LogP contribution in [0.5, 0.6) is 0 Å². The number of anilines is 1. The lowest BCUT2D eigenvalue weighted by Crippen LogP contribution is -2.48. The van der Waals surface area contributed by atoms with Crippen molar-refractivity contribution in [2.75, 3.05) is 11.9 Å². The van der Waals surface area contributed by atoms with Gasteiger partial charge in [-0.2, -0.15) is 26.3 Å². The van der Waals surface area contributed by atoms with Gasteiger partial charge < -0.3 is 10.2 Å². The van der Waals surface area contributed by atoms with E-state index < -0.39 is 41.5 Å². The molecule has 1 saturated heterocycles. The Morgan fingerprint density at radius 1 is 1.16 bits per heavy atom. The number of likely N-dealkylation sites (tertiary alicyclic amines) is 1. The van der Waals surface area contributed by atoms with E-state index in [0.29, 0.717) is 11.0 Å². The van der Waals surface area contributed by atoms with Crippen LogP contribution >= 0.6 is 11.6 Å². The van der Waals surface area contributed by atoms with Crippen LogP contribution in [0.1, 0.15) is 18.4 Å². The summed E-state index contributed by atoms with van der Waals surface area (Å²) in [6.07, 6.45) is -9.94. The monoisotopic (exact) mass is 388 g/mol. The molecule has 0 radical (unpaired) electrons. The molecule has 0 bridgehead atoms. The molecule has 2 amide bonds. The third kappa shape index (κ3) is 4.36. The first-order valence-electron chi connectivity index (χ1n) is 6.96. The van der Waals surface area contributed by atoms with Gasteiger partial charge in [0.15, 0.2) is 0 Å². The molecule has 25 heavy (non-hydrogen) atoms. The molecule has 0 unspecified atom stereocenters. The fourth-order valence-electron chi connectivity index (χ4n) is 2.52. The molecule has 1 aromatic carbocycles. The largest absolute Gasteiger partial charge is 0.471 e. The maximum atomic E-state index is 13.0. The van der Waals surface area contributed by atoms with Crippen LogP contribution in [0.4, 0.5) is 32.0 Å². The predicted octanol–water partition coefficient (Wildman–Crippen LogP) is 3.85. The first kappa shape index (κ1) is 19.4. The Morgan fingerprint density at radius 3 is 2.36 bits per heavy atom. The lowest BCUT2D eigenvalue weighted by molar-refractivity contribution is -0.186. The van der Waals surface area contributed by atoms with Crippen LogP contribution in [-0.4, -0.2) is 35.5 Å². The Bertz CT molecular complexity index is 689. The van der Waals surface area contributed by atoms with Crippen LogP contribution in [0, 0.1) is 0 Å². The van der Waals surface area contributed by atoms with Gasteiger partial charge in [0.1, 0.15) is 6.04 Å². The van der Waals surface area contributed by atoms with Crippen LogP contribution in [0.3, 0.4) is 0 Å². The number of benzene rings is 1. The summed E-state index contributed by atoms with van der Waals surface area (Å²) in [7, 11) is 0. The number of hydrogen-bond donors (Lipinski definition) is 1. The maximum Gasteiger partial charge on any atom is 0.471 e. The summed E-state index contributed by atoms with van der Waals surface area (Å²) < 4.78 is 76.6. The highest BCUT2D eigenvalue weighted by atomic mass is 35.5. The Kier molecular flexibility index (Phi) is 5.22. The number of carbonyl (C=O) groups is 2. The number of halogens is 7. The molecular formula is C14H11ClF6N2O2. The summed E-state index contributed by atoms with van der Waals surface area (Å²) in [5.74, 6) is -3.32. The second-order valence-corrected chi connectivity index (χ2v) is 5.77. The van der Waals surface area contributed by atoms with E-state index in [2.05, 4.69) is 0 Å². The molecule has 1 heterocycles. The van der Waals surface area contributed by atoms with Gasteiger partial charge in [0.05, 0.1) is 11.3 Å². The average molecular weight is 389 g/mol. The minimum Gasteiger partial charge on any atom is -0.324 e. The fraction of sp³-hybridized carbons (Fsp3) is 0.429. The normalized spacial score (nSPS) is 18.4. The molecule has 1 aliphatic rings. The predicted molar refractivity (Wildman–Crippen MR) is 75.9 cm³/mol. The third-order valence-corrected chi connectivity index (χ3v) is 3.84. The second kappa shape index (κ2) is 6.74. The van der Waals surface area contributed by atoms with Gasteiger partial charge >= 0.3 is 18.3 Å². The Morgan fingerprint density at radius 2 is 1.80 bits per heavy atom. The van der Waals surface area contributed by atoms with Crippen molar-refractivity contribution in [2.45, 2.75) is 31.2 Å². The summed E-state index contributed by atoms with van der Waals surface area (Å²) in [6.45, 7) is -0.302. The highest BCUT2D eigenvalue weighted by molar-refractivity contribution is 6.30. The number of amides is 2. The summed E-state index contributed by atoms with van der Waals surface area (Å²) >= 11 is 5.51. The highest BCUT2D eigenvalue weighted by Gasteiger charge is 2.48. The molecular weight excluding hydrogens is 378 g/mol. The number of nitrogens with zero attached hydrogens (tertiary/aromatic N) is 1. The molecule has 1 atom stereocenters. The van der Waals surface area contributed by atoms with E-state index in [0.717, 1.165) is 12.1 Å². The smallest absolute Gasteiger partial charge is 0.324 e. The van der Waals surface area contributed by atoms with E-state index in [1.54, 1.807) is 0 Å². The number of rotatable bonds is 2. The number of carbonyl (C=O) groups excluding carboxylic acids is 2. The topological polar surface area (TPSA) is 49.4 Å². The molecule has 0 saturated carbocycles. The molecule has 11 heteroatoms. The zero-order valence-corrected chi connectivity index (χ0v) is 13.1. The first-order chi connectivity index (χ1) is 11.4. The quantitative estimate of drug-likeness (QED) is 0.782. The van der Waals surface area contributed by atoms with Crippen molar-refractivity contribution in [2.24, 2.45) is 0 Å². The molecule has 1 fully saturated rings. The van der Waals surface area contributed by atoms with E-state index in [-0.39, 0.29) is 24.4 Å². The Balaban J connectivity index is 2.24. The highest BCUT2D eigenvalue weighted by Crippen LogP contribution is 2.37. The molecule has 0 spiro atoms. The summed E-state index contributed by atoms with van der Waals surface area (Å²) in [5.41, 5.74) is -1.88. The van der Waals surface area contributed by atoms with Gasteiger partial charge in [-0.3, -0.25) is 9.59 Å². The molecule has 0 aliphatic carbocycles. The number of nitrogens with one attached hydrogen (secondary N) is 1. The van der Waals surface area contributed by atoms with Crippen LogP contribution in [0.15, 0.2) is 18.2 Å². The second-order valence-electron chi connectivity index (χ2n) is 5.33. The van der Waals surface area contributed by atoms with Crippen LogP contribution < -0.4 is 5.32 Å². The van der Waals surface area contributed by atoms with Crippen molar-refractivity contribution in [1.82, 2.24) is 4.90 Å². The lowest BCUT2D eigenvalue weighted by atomic mass is 10.1. The summed E-state index contributed by atoms with van der Waals surface area (Å²) in [4.78, 5) is 23.8. The number of alkyl halides is 6. The van der Waals surface area contributed by atoms with Crippen molar-refractivity contribution in [1.29, 1.82) is 0 Å². The molecule has 1 N–H and O–H groups in total. The van der Waals surface area contributed by atoms with E-state index in [1.807, 2.05) is 5.32 Å². The van der Waals surface area contributed by atoms with Gasteiger partial charge in [0, 0.05) is 11.6 Å². The minimum absolute atomic E-state index is 0.0808. The SMILES string of the molecule is O=C(Nc1ccc(Cl)cc1C(F)(F)F)[C@H]1CCCN1C(=O)C(F)(F)F. The lowest BCUT2D eigenvalue weighted by Gasteiger charge is -2.25. The van der Waals surface area contributed by atoms with E-state index >= 15 is 0 Å². The molecule has 4 nitrogen and oxygen atoms in total. The van der Waals surface area contributed by atoms with E-state index in [1.165, 1.54) is 0 Å². The van der Waals surface area contributed by atoms with Crippen LogP contribution in [0.2, 0.25) is 5.02 Å². The van der Waals surface area contributed by atoms with Gasteiger partial charge in [-0.1, -0.05) is 11.6 Å². The molecule has 2 rings (SSSR count). The van der Waals surface area contributed by atoms with Crippen molar-refractivity contribution in [3.8, 4) is 0 Å².